The van der Waals surface area contributed by atoms with Crippen molar-refractivity contribution in [2.75, 3.05) is 5.32 Å². The maximum Gasteiger partial charge on any atom is 0.340 e. The number of aromatic nitrogens is 1. The molecule has 1 aliphatic rings. The number of benzene rings is 1. The molecule has 144 valence electrons. The largest absolute Gasteiger partial charge is 0.487 e. The molecule has 0 fully saturated rings. The van der Waals surface area contributed by atoms with Crippen molar-refractivity contribution >= 4 is 22.6 Å². The summed E-state index contributed by atoms with van der Waals surface area (Å²) < 4.78 is 11.6. The number of carbonyl (C=O) groups is 1. The first-order valence-electron chi connectivity index (χ1n) is 9.30. The van der Waals surface area contributed by atoms with E-state index in [0.29, 0.717) is 16.8 Å². The maximum absolute atomic E-state index is 12.5. The van der Waals surface area contributed by atoms with Crippen LogP contribution in [0.25, 0.3) is 11.0 Å². The van der Waals surface area contributed by atoms with E-state index in [-0.39, 0.29) is 17.9 Å². The lowest BCUT2D eigenvalue weighted by molar-refractivity contribution is -0.115. The lowest BCUT2D eigenvalue weighted by Gasteiger charge is -2.32. The topological polar surface area (TPSA) is 81.4 Å². The van der Waals surface area contributed by atoms with E-state index in [0.717, 1.165) is 35.1 Å². The molecule has 6 heteroatoms. The molecular formula is C22H22N2O4. The number of fused-ring (bicyclic) bond motifs is 2. The number of anilines is 1. The maximum atomic E-state index is 12.5. The van der Waals surface area contributed by atoms with Crippen molar-refractivity contribution in [3.63, 3.8) is 0 Å². The Kier molecular flexibility index (Phi) is 4.41. The van der Waals surface area contributed by atoms with E-state index < -0.39 is 5.63 Å². The van der Waals surface area contributed by atoms with Crippen molar-refractivity contribution < 1.29 is 13.9 Å². The third-order valence-corrected chi connectivity index (χ3v) is 5.13. The third-order valence-electron chi connectivity index (χ3n) is 5.13. The Morgan fingerprint density at radius 1 is 1.32 bits per heavy atom. The Morgan fingerprint density at radius 3 is 2.89 bits per heavy atom. The van der Waals surface area contributed by atoms with Gasteiger partial charge in [0, 0.05) is 17.6 Å². The fraction of sp³-hybridized carbons (Fsp3) is 0.318. The second-order valence-electron chi connectivity index (χ2n) is 7.78. The highest BCUT2D eigenvalue weighted by Crippen LogP contribution is 2.36. The monoisotopic (exact) mass is 378 g/mol. The Hall–Kier alpha value is -3.15. The van der Waals surface area contributed by atoms with Gasteiger partial charge < -0.3 is 14.5 Å². The second-order valence-corrected chi connectivity index (χ2v) is 7.78. The van der Waals surface area contributed by atoms with Crippen LogP contribution in [0.2, 0.25) is 0 Å². The SMILES string of the molecule is Cc1c(CC(=O)Nc2cccnc2)c(=O)oc2cc3c(cc12)CCC(C)(C)O3. The minimum absolute atomic E-state index is 0.0559. The van der Waals surface area contributed by atoms with Crippen LogP contribution in [0.4, 0.5) is 5.69 Å². The fourth-order valence-electron chi connectivity index (χ4n) is 3.54. The van der Waals surface area contributed by atoms with Gasteiger partial charge in [0.25, 0.3) is 0 Å². The van der Waals surface area contributed by atoms with Crippen molar-refractivity contribution in [2.24, 2.45) is 0 Å². The van der Waals surface area contributed by atoms with Crippen LogP contribution in [-0.2, 0) is 17.6 Å². The summed E-state index contributed by atoms with van der Waals surface area (Å²) in [5, 5.41) is 3.59. The van der Waals surface area contributed by atoms with E-state index in [9.17, 15) is 9.59 Å². The highest BCUT2D eigenvalue weighted by atomic mass is 16.5. The van der Waals surface area contributed by atoms with Crippen molar-refractivity contribution in [1.82, 2.24) is 4.98 Å². The number of pyridine rings is 1. The molecular weight excluding hydrogens is 356 g/mol. The molecule has 0 saturated carbocycles. The van der Waals surface area contributed by atoms with Crippen LogP contribution in [0.3, 0.4) is 0 Å². The van der Waals surface area contributed by atoms with Gasteiger partial charge >= 0.3 is 5.63 Å². The van der Waals surface area contributed by atoms with Gasteiger partial charge in [-0.2, -0.15) is 0 Å². The van der Waals surface area contributed by atoms with E-state index in [4.69, 9.17) is 9.15 Å². The van der Waals surface area contributed by atoms with Gasteiger partial charge in [-0.1, -0.05) is 0 Å². The molecule has 1 N–H and O–H groups in total. The predicted octanol–water partition coefficient (Wildman–Crippen LogP) is 3.78. The van der Waals surface area contributed by atoms with Crippen LogP contribution in [-0.4, -0.2) is 16.5 Å². The van der Waals surface area contributed by atoms with Gasteiger partial charge in [-0.15, -0.1) is 0 Å². The van der Waals surface area contributed by atoms with Crippen LogP contribution in [0, 0.1) is 6.92 Å². The van der Waals surface area contributed by atoms with Gasteiger partial charge in [0.05, 0.1) is 23.9 Å². The molecule has 0 spiro atoms. The minimum atomic E-state index is -0.499. The normalized spacial score (nSPS) is 15.0. The zero-order chi connectivity index (χ0) is 19.9. The number of hydrogen-bond donors (Lipinski definition) is 1. The summed E-state index contributed by atoms with van der Waals surface area (Å²) in [4.78, 5) is 28.9. The molecule has 2 aromatic heterocycles. The minimum Gasteiger partial charge on any atom is -0.487 e. The smallest absolute Gasteiger partial charge is 0.340 e. The second kappa shape index (κ2) is 6.78. The van der Waals surface area contributed by atoms with Crippen LogP contribution in [0.5, 0.6) is 5.75 Å². The fourth-order valence-corrected chi connectivity index (χ4v) is 3.54. The van der Waals surface area contributed by atoms with Gasteiger partial charge in [0.2, 0.25) is 5.91 Å². The van der Waals surface area contributed by atoms with E-state index in [1.807, 2.05) is 26.8 Å². The predicted molar refractivity (Wildman–Crippen MR) is 107 cm³/mol. The Morgan fingerprint density at radius 2 is 2.14 bits per heavy atom. The molecule has 0 atom stereocenters. The van der Waals surface area contributed by atoms with Crippen molar-refractivity contribution in [1.29, 1.82) is 0 Å². The van der Waals surface area contributed by atoms with E-state index in [2.05, 4.69) is 10.3 Å². The molecule has 0 aliphatic carbocycles. The molecule has 6 nitrogen and oxygen atoms in total. The number of ether oxygens (including phenoxy) is 1. The molecule has 0 saturated heterocycles. The van der Waals surface area contributed by atoms with Gasteiger partial charge in [-0.3, -0.25) is 9.78 Å². The molecule has 0 radical (unpaired) electrons. The van der Waals surface area contributed by atoms with Gasteiger partial charge in [0.1, 0.15) is 16.9 Å². The number of amides is 1. The first-order valence-corrected chi connectivity index (χ1v) is 9.30. The summed E-state index contributed by atoms with van der Waals surface area (Å²) >= 11 is 0. The average Bonchev–Trinajstić information content (AvgIpc) is 2.64. The average molecular weight is 378 g/mol. The summed E-state index contributed by atoms with van der Waals surface area (Å²) in [7, 11) is 0. The molecule has 28 heavy (non-hydrogen) atoms. The number of nitrogens with one attached hydrogen (secondary N) is 1. The van der Waals surface area contributed by atoms with Crippen molar-refractivity contribution in [2.45, 2.75) is 45.6 Å². The van der Waals surface area contributed by atoms with Crippen LogP contribution in [0.1, 0.15) is 37.0 Å². The zero-order valence-electron chi connectivity index (χ0n) is 16.2. The summed E-state index contributed by atoms with van der Waals surface area (Å²) in [6, 6.07) is 7.28. The van der Waals surface area contributed by atoms with Gasteiger partial charge in [-0.05, 0) is 62.9 Å². The molecule has 1 aliphatic heterocycles. The van der Waals surface area contributed by atoms with E-state index in [1.165, 1.54) is 0 Å². The van der Waals surface area contributed by atoms with Gasteiger partial charge in [-0.25, -0.2) is 4.79 Å². The number of carbonyl (C=O) groups excluding carboxylic acids is 1. The molecule has 1 aromatic carbocycles. The van der Waals surface area contributed by atoms with Crippen molar-refractivity contribution in [3.05, 3.63) is 63.8 Å². The first kappa shape index (κ1) is 18.2. The Bertz CT molecular complexity index is 1120. The Labute approximate surface area is 162 Å². The number of hydrogen-bond acceptors (Lipinski definition) is 5. The molecule has 0 bridgehead atoms. The summed E-state index contributed by atoms with van der Waals surface area (Å²) in [6.45, 7) is 5.95. The molecule has 0 unspecified atom stereocenters. The number of aryl methyl sites for hydroxylation is 2. The van der Waals surface area contributed by atoms with E-state index in [1.54, 1.807) is 30.6 Å². The zero-order valence-corrected chi connectivity index (χ0v) is 16.2. The highest BCUT2D eigenvalue weighted by Gasteiger charge is 2.27. The van der Waals surface area contributed by atoms with Crippen LogP contribution < -0.4 is 15.7 Å². The lowest BCUT2D eigenvalue weighted by Crippen LogP contribution is -2.32. The molecule has 3 aromatic rings. The summed E-state index contributed by atoms with van der Waals surface area (Å²) in [5.74, 6) is 0.471. The molecule has 4 rings (SSSR count). The van der Waals surface area contributed by atoms with Gasteiger partial charge in [0.15, 0.2) is 0 Å². The lowest BCUT2D eigenvalue weighted by atomic mass is 9.92. The first-order chi connectivity index (χ1) is 13.3. The van der Waals surface area contributed by atoms with Crippen LogP contribution >= 0.6 is 0 Å². The molecule has 1 amide bonds. The number of nitrogens with zero attached hydrogens (tertiary/aromatic N) is 1. The van der Waals surface area contributed by atoms with E-state index >= 15 is 0 Å². The summed E-state index contributed by atoms with van der Waals surface area (Å²) in [6.07, 6.45) is 4.94. The van der Waals surface area contributed by atoms with Crippen molar-refractivity contribution in [3.8, 4) is 5.75 Å². The Balaban J connectivity index is 1.68. The third kappa shape index (κ3) is 3.50. The molecule has 3 heterocycles. The van der Waals surface area contributed by atoms with Crippen LogP contribution in [0.15, 0.2) is 45.9 Å². The highest BCUT2D eigenvalue weighted by molar-refractivity contribution is 5.93. The number of rotatable bonds is 3. The summed E-state index contributed by atoms with van der Waals surface area (Å²) in [5.41, 5.74) is 2.56. The standard InChI is InChI=1S/C22H22N2O4/c1-13-16-9-14-6-7-22(2,3)28-18(14)11-19(16)27-21(26)17(13)10-20(25)24-15-5-4-8-23-12-15/h4-5,8-9,11-12H,6-7,10H2,1-3H3,(H,24,25). The quantitative estimate of drug-likeness (QED) is 0.702.